The maximum absolute atomic E-state index is 13.1. The molecule has 5 nitrogen and oxygen atoms in total. The van der Waals surface area contributed by atoms with Gasteiger partial charge in [0, 0.05) is 30.0 Å². The van der Waals surface area contributed by atoms with Crippen molar-refractivity contribution in [3.8, 4) is 0 Å². The van der Waals surface area contributed by atoms with E-state index in [9.17, 15) is 9.59 Å². The van der Waals surface area contributed by atoms with Crippen molar-refractivity contribution >= 4 is 23.2 Å². The van der Waals surface area contributed by atoms with Gasteiger partial charge in [0.05, 0.1) is 0 Å². The molecule has 1 unspecified atom stereocenters. The number of hydrogen-bond acceptors (Lipinski definition) is 3. The maximum atomic E-state index is 13.1. The van der Waals surface area contributed by atoms with Gasteiger partial charge in [0.15, 0.2) is 0 Å². The highest BCUT2D eigenvalue weighted by Crippen LogP contribution is 2.23. The van der Waals surface area contributed by atoms with Crippen molar-refractivity contribution in [2.24, 2.45) is 0 Å². The first-order chi connectivity index (χ1) is 15.2. The van der Waals surface area contributed by atoms with Crippen LogP contribution in [0.1, 0.15) is 41.2 Å². The van der Waals surface area contributed by atoms with Crippen molar-refractivity contribution in [1.29, 1.82) is 0 Å². The van der Waals surface area contributed by atoms with Crippen LogP contribution < -0.4 is 15.5 Å². The molecule has 5 heteroatoms. The van der Waals surface area contributed by atoms with Crippen LogP contribution in [0.25, 0.3) is 0 Å². The highest BCUT2D eigenvalue weighted by atomic mass is 16.2. The smallest absolute Gasteiger partial charge is 0.252 e. The second-order valence-electron chi connectivity index (χ2n) is 7.77. The van der Waals surface area contributed by atoms with Gasteiger partial charge in [-0.15, -0.1) is 0 Å². The summed E-state index contributed by atoms with van der Waals surface area (Å²) in [5.74, 6) is -0.564. The topological polar surface area (TPSA) is 61.4 Å². The fourth-order valence-electron chi connectivity index (χ4n) is 3.87. The lowest BCUT2D eigenvalue weighted by molar-refractivity contribution is -0.118. The molecular weight excluding hydrogens is 386 g/mol. The Bertz CT molecular complexity index is 998. The first-order valence-corrected chi connectivity index (χ1v) is 10.8. The van der Waals surface area contributed by atoms with Crippen LogP contribution in [-0.2, 0) is 4.79 Å². The molecule has 1 atom stereocenters. The predicted molar refractivity (Wildman–Crippen MR) is 124 cm³/mol. The summed E-state index contributed by atoms with van der Waals surface area (Å²) in [5, 5.41) is 5.83. The van der Waals surface area contributed by atoms with Crippen molar-refractivity contribution in [1.82, 2.24) is 5.32 Å². The summed E-state index contributed by atoms with van der Waals surface area (Å²) in [6.07, 6.45) is 3.73. The largest absolute Gasteiger partial charge is 0.372 e. The van der Waals surface area contributed by atoms with Gasteiger partial charge in [-0.2, -0.15) is 0 Å². The first-order valence-electron chi connectivity index (χ1n) is 10.8. The van der Waals surface area contributed by atoms with E-state index < -0.39 is 6.04 Å². The molecule has 1 aliphatic rings. The maximum Gasteiger partial charge on any atom is 0.252 e. The number of piperidine rings is 1. The molecule has 2 N–H and O–H groups in total. The molecule has 31 heavy (non-hydrogen) atoms. The quantitative estimate of drug-likeness (QED) is 0.611. The third kappa shape index (κ3) is 5.31. The van der Waals surface area contributed by atoms with Gasteiger partial charge in [0.2, 0.25) is 0 Å². The van der Waals surface area contributed by atoms with Crippen LogP contribution in [0, 0.1) is 0 Å². The minimum Gasteiger partial charge on any atom is -0.372 e. The Hall–Kier alpha value is -3.60. The molecule has 3 aromatic carbocycles. The van der Waals surface area contributed by atoms with Crippen molar-refractivity contribution in [2.75, 3.05) is 23.3 Å². The highest BCUT2D eigenvalue weighted by Gasteiger charge is 2.23. The van der Waals surface area contributed by atoms with Gasteiger partial charge in [0.1, 0.15) is 6.04 Å². The van der Waals surface area contributed by atoms with Gasteiger partial charge in [-0.25, -0.2) is 0 Å². The van der Waals surface area contributed by atoms with Gasteiger partial charge in [-0.3, -0.25) is 9.59 Å². The summed E-state index contributed by atoms with van der Waals surface area (Å²) in [5.41, 5.74) is 3.13. The van der Waals surface area contributed by atoms with Gasteiger partial charge < -0.3 is 15.5 Å². The summed E-state index contributed by atoms with van der Waals surface area (Å²) >= 11 is 0. The molecule has 4 rings (SSSR count). The number of anilines is 2. The second-order valence-corrected chi connectivity index (χ2v) is 7.77. The van der Waals surface area contributed by atoms with E-state index in [4.69, 9.17) is 0 Å². The van der Waals surface area contributed by atoms with E-state index >= 15 is 0 Å². The fourth-order valence-corrected chi connectivity index (χ4v) is 3.87. The van der Waals surface area contributed by atoms with Crippen LogP contribution >= 0.6 is 0 Å². The Morgan fingerprint density at radius 2 is 1.35 bits per heavy atom. The van der Waals surface area contributed by atoms with E-state index in [2.05, 4.69) is 15.5 Å². The standard InChI is InChI=1S/C26H27N3O2/c30-25(21-12-6-2-7-13-21)28-24(20-10-4-1-5-11-20)26(31)27-22-14-16-23(17-15-22)29-18-8-3-9-19-29/h1-2,4-7,10-17,24H,3,8-9,18-19H2,(H,27,31)(H,28,30). The molecule has 2 amide bonds. The minimum atomic E-state index is -0.796. The number of rotatable bonds is 6. The monoisotopic (exact) mass is 413 g/mol. The fraction of sp³-hybridized carbons (Fsp3) is 0.231. The lowest BCUT2D eigenvalue weighted by atomic mass is 10.0. The lowest BCUT2D eigenvalue weighted by Gasteiger charge is -2.29. The average molecular weight is 414 g/mol. The van der Waals surface area contributed by atoms with Crippen LogP contribution in [0.4, 0.5) is 11.4 Å². The summed E-state index contributed by atoms with van der Waals surface area (Å²) in [6, 6.07) is 25.3. The van der Waals surface area contributed by atoms with Crippen molar-refractivity contribution in [3.63, 3.8) is 0 Å². The Morgan fingerprint density at radius 3 is 2.00 bits per heavy atom. The van der Waals surface area contributed by atoms with Crippen LogP contribution in [-0.4, -0.2) is 24.9 Å². The summed E-state index contributed by atoms with van der Waals surface area (Å²) in [6.45, 7) is 2.15. The number of nitrogens with one attached hydrogen (secondary N) is 2. The zero-order valence-corrected chi connectivity index (χ0v) is 17.5. The predicted octanol–water partition coefficient (Wildman–Crippen LogP) is 4.79. The Kier molecular flexibility index (Phi) is 6.62. The Balaban J connectivity index is 1.48. The summed E-state index contributed by atoms with van der Waals surface area (Å²) in [7, 11) is 0. The SMILES string of the molecule is O=C(NC(C(=O)Nc1ccc(N2CCCCC2)cc1)c1ccccc1)c1ccccc1. The van der Waals surface area contributed by atoms with E-state index in [1.165, 1.54) is 24.9 Å². The molecule has 0 spiro atoms. The van der Waals surface area contributed by atoms with Crippen molar-refractivity contribution in [2.45, 2.75) is 25.3 Å². The molecule has 0 bridgehead atoms. The second kappa shape index (κ2) is 9.94. The third-order valence-electron chi connectivity index (χ3n) is 5.56. The van der Waals surface area contributed by atoms with Crippen molar-refractivity contribution in [3.05, 3.63) is 96.1 Å². The molecule has 1 heterocycles. The van der Waals surface area contributed by atoms with Crippen LogP contribution in [0.5, 0.6) is 0 Å². The molecule has 158 valence electrons. The van der Waals surface area contributed by atoms with Gasteiger partial charge in [0.25, 0.3) is 11.8 Å². The molecular formula is C26H27N3O2. The van der Waals surface area contributed by atoms with Crippen LogP contribution in [0.3, 0.4) is 0 Å². The number of benzene rings is 3. The van der Waals surface area contributed by atoms with Crippen molar-refractivity contribution < 1.29 is 9.59 Å². The highest BCUT2D eigenvalue weighted by molar-refractivity contribution is 6.01. The number of carbonyl (C=O) groups excluding carboxylic acids is 2. The van der Waals surface area contributed by atoms with E-state index in [1.54, 1.807) is 24.3 Å². The molecule has 0 aliphatic carbocycles. The van der Waals surface area contributed by atoms with E-state index in [0.29, 0.717) is 11.3 Å². The normalized spacial score (nSPS) is 14.5. The molecule has 1 aliphatic heterocycles. The number of hydrogen-bond donors (Lipinski definition) is 2. The number of nitrogens with zero attached hydrogens (tertiary/aromatic N) is 1. The number of amides is 2. The molecule has 3 aromatic rings. The van der Waals surface area contributed by atoms with Crippen LogP contribution in [0.15, 0.2) is 84.9 Å². The first kappa shape index (κ1) is 20.7. The molecule has 0 aromatic heterocycles. The molecule has 0 saturated carbocycles. The van der Waals surface area contributed by atoms with E-state index in [0.717, 1.165) is 18.7 Å². The molecule has 1 saturated heterocycles. The third-order valence-corrected chi connectivity index (χ3v) is 5.56. The Morgan fingerprint density at radius 1 is 0.742 bits per heavy atom. The number of carbonyl (C=O) groups is 2. The minimum absolute atomic E-state index is 0.277. The van der Waals surface area contributed by atoms with Gasteiger partial charge in [-0.05, 0) is 61.2 Å². The summed E-state index contributed by atoms with van der Waals surface area (Å²) < 4.78 is 0. The zero-order chi connectivity index (χ0) is 21.5. The lowest BCUT2D eigenvalue weighted by Crippen LogP contribution is -2.37. The van der Waals surface area contributed by atoms with E-state index in [-0.39, 0.29) is 11.8 Å². The summed E-state index contributed by atoms with van der Waals surface area (Å²) in [4.78, 5) is 28.2. The average Bonchev–Trinajstić information content (AvgIpc) is 2.84. The van der Waals surface area contributed by atoms with Gasteiger partial charge >= 0.3 is 0 Å². The van der Waals surface area contributed by atoms with E-state index in [1.807, 2.05) is 60.7 Å². The van der Waals surface area contributed by atoms with Gasteiger partial charge in [-0.1, -0.05) is 48.5 Å². The zero-order valence-electron chi connectivity index (χ0n) is 17.5. The molecule has 0 radical (unpaired) electrons. The van der Waals surface area contributed by atoms with Crippen LogP contribution in [0.2, 0.25) is 0 Å². The molecule has 1 fully saturated rings. The Labute approximate surface area is 183 Å².